The number of nitrogens with one attached hydrogen (secondary N) is 1. The van der Waals surface area contributed by atoms with Gasteiger partial charge in [0.1, 0.15) is 0 Å². The lowest BCUT2D eigenvalue weighted by Crippen LogP contribution is -2.68. The molecule has 5 heteroatoms. The quantitative estimate of drug-likeness (QED) is 0.826. The van der Waals surface area contributed by atoms with Crippen LogP contribution in [0.15, 0.2) is 30.3 Å². The lowest BCUT2D eigenvalue weighted by molar-refractivity contribution is -0.186. The largest absolute Gasteiger partial charge is 0.338 e. The molecule has 0 bridgehead atoms. The summed E-state index contributed by atoms with van der Waals surface area (Å²) in [4.78, 5) is 29.5. The van der Waals surface area contributed by atoms with Gasteiger partial charge in [-0.2, -0.15) is 0 Å². The van der Waals surface area contributed by atoms with Gasteiger partial charge in [0, 0.05) is 25.7 Å². The summed E-state index contributed by atoms with van der Waals surface area (Å²) in [5.74, 6) is 0.368. The minimum Gasteiger partial charge on any atom is -0.338 e. The molecule has 1 atom stereocenters. The molecule has 4 rings (SSSR count). The summed E-state index contributed by atoms with van der Waals surface area (Å²) >= 11 is 0. The fourth-order valence-corrected chi connectivity index (χ4v) is 5.46. The first-order valence-electron chi connectivity index (χ1n) is 10.6. The summed E-state index contributed by atoms with van der Waals surface area (Å²) in [7, 11) is 0. The Morgan fingerprint density at radius 1 is 1.11 bits per heavy atom. The predicted molar refractivity (Wildman–Crippen MR) is 105 cm³/mol. The van der Waals surface area contributed by atoms with Gasteiger partial charge in [-0.15, -0.1) is 0 Å². The van der Waals surface area contributed by atoms with Crippen molar-refractivity contribution in [1.29, 1.82) is 0 Å². The lowest BCUT2D eigenvalue weighted by Gasteiger charge is -2.61. The zero-order valence-corrected chi connectivity index (χ0v) is 16.3. The third-order valence-corrected chi connectivity index (χ3v) is 6.80. The molecule has 1 unspecified atom stereocenters. The molecule has 1 saturated carbocycles. The number of hydrogen-bond acceptors (Lipinski definition) is 2. The number of likely N-dealkylation sites (tertiary alicyclic amines) is 2. The highest BCUT2D eigenvalue weighted by atomic mass is 16.2. The van der Waals surface area contributed by atoms with E-state index in [2.05, 4.69) is 34.5 Å². The second-order valence-corrected chi connectivity index (χ2v) is 8.30. The van der Waals surface area contributed by atoms with Crippen molar-refractivity contribution in [3.8, 4) is 0 Å². The van der Waals surface area contributed by atoms with E-state index in [4.69, 9.17) is 0 Å². The highest BCUT2D eigenvalue weighted by Crippen LogP contribution is 2.59. The summed E-state index contributed by atoms with van der Waals surface area (Å²) in [5.41, 5.74) is 1.11. The third kappa shape index (κ3) is 3.11. The van der Waals surface area contributed by atoms with E-state index in [1.165, 1.54) is 24.8 Å². The van der Waals surface area contributed by atoms with Crippen LogP contribution in [0.3, 0.4) is 0 Å². The average molecular weight is 370 g/mol. The Labute approximate surface area is 162 Å². The van der Waals surface area contributed by atoms with Crippen LogP contribution in [0.4, 0.5) is 4.79 Å². The van der Waals surface area contributed by atoms with Gasteiger partial charge in [-0.3, -0.25) is 4.79 Å². The first kappa shape index (κ1) is 18.3. The number of benzene rings is 1. The van der Waals surface area contributed by atoms with Gasteiger partial charge in [-0.25, -0.2) is 4.79 Å². The van der Waals surface area contributed by atoms with Crippen molar-refractivity contribution in [2.45, 2.75) is 64.0 Å². The average Bonchev–Trinajstić information content (AvgIpc) is 2.73. The normalized spacial score (nSPS) is 25.4. The van der Waals surface area contributed by atoms with Gasteiger partial charge < -0.3 is 15.1 Å². The van der Waals surface area contributed by atoms with E-state index < -0.39 is 0 Å². The molecule has 1 aromatic rings. The van der Waals surface area contributed by atoms with Crippen molar-refractivity contribution in [2.24, 2.45) is 5.41 Å². The molecule has 27 heavy (non-hydrogen) atoms. The second-order valence-electron chi connectivity index (χ2n) is 8.30. The zero-order chi connectivity index (χ0) is 18.9. The summed E-state index contributed by atoms with van der Waals surface area (Å²) in [6, 6.07) is 11.1. The summed E-state index contributed by atoms with van der Waals surface area (Å²) in [5, 5.41) is 2.88. The van der Waals surface area contributed by atoms with Crippen molar-refractivity contribution >= 4 is 11.9 Å². The smallest absolute Gasteiger partial charge is 0.317 e. The SMILES string of the molecule is CCNC(=O)N1CCC(N2C(=O)C3(CCCCC3)C2c2ccccc2)CC1. The first-order chi connectivity index (χ1) is 13.2. The molecule has 3 fully saturated rings. The number of rotatable bonds is 3. The molecule has 2 heterocycles. The van der Waals surface area contributed by atoms with Crippen LogP contribution in [0.1, 0.15) is 63.5 Å². The van der Waals surface area contributed by atoms with Gasteiger partial charge in [0.15, 0.2) is 0 Å². The molecule has 1 N–H and O–H groups in total. The van der Waals surface area contributed by atoms with Gasteiger partial charge in [0.2, 0.25) is 5.91 Å². The highest BCUT2D eigenvalue weighted by Gasteiger charge is 2.62. The maximum absolute atomic E-state index is 13.4. The Hall–Kier alpha value is -2.04. The van der Waals surface area contributed by atoms with E-state index in [-0.39, 0.29) is 23.5 Å². The van der Waals surface area contributed by atoms with E-state index in [9.17, 15) is 9.59 Å². The summed E-state index contributed by atoms with van der Waals surface area (Å²) in [6.45, 7) is 4.06. The Morgan fingerprint density at radius 3 is 2.41 bits per heavy atom. The Kier molecular flexibility index (Phi) is 5.11. The topological polar surface area (TPSA) is 52.7 Å². The van der Waals surface area contributed by atoms with Gasteiger partial charge in [-0.1, -0.05) is 49.6 Å². The molecule has 0 radical (unpaired) electrons. The van der Waals surface area contributed by atoms with Crippen LogP contribution in [0.5, 0.6) is 0 Å². The molecular formula is C22H31N3O2. The van der Waals surface area contributed by atoms with Crippen LogP contribution < -0.4 is 5.32 Å². The maximum atomic E-state index is 13.4. The summed E-state index contributed by atoms with van der Waals surface area (Å²) < 4.78 is 0. The van der Waals surface area contributed by atoms with Crippen LogP contribution in [0.2, 0.25) is 0 Å². The van der Waals surface area contributed by atoms with E-state index >= 15 is 0 Å². The lowest BCUT2D eigenvalue weighted by atomic mass is 9.59. The molecule has 146 valence electrons. The van der Waals surface area contributed by atoms with Crippen molar-refractivity contribution < 1.29 is 9.59 Å². The molecule has 2 saturated heterocycles. The minimum atomic E-state index is -0.170. The number of amides is 3. The maximum Gasteiger partial charge on any atom is 0.317 e. The number of hydrogen-bond donors (Lipinski definition) is 1. The Bertz CT molecular complexity index is 676. The predicted octanol–water partition coefficient (Wildman–Crippen LogP) is 3.71. The third-order valence-electron chi connectivity index (χ3n) is 6.80. The van der Waals surface area contributed by atoms with E-state index in [0.717, 1.165) is 38.8 Å². The van der Waals surface area contributed by atoms with E-state index in [1.54, 1.807) is 0 Å². The summed E-state index contributed by atoms with van der Waals surface area (Å²) in [6.07, 6.45) is 7.39. The number of β-lactam (4-membered cyclic amide) rings is 1. The number of carbonyl (C=O) groups excluding carboxylic acids is 2. The Balaban J connectivity index is 1.52. The van der Waals surface area contributed by atoms with E-state index in [1.807, 2.05) is 17.9 Å². The van der Waals surface area contributed by atoms with E-state index in [0.29, 0.717) is 12.5 Å². The van der Waals surface area contributed by atoms with Gasteiger partial charge in [-0.05, 0) is 38.2 Å². The molecule has 5 nitrogen and oxygen atoms in total. The van der Waals surface area contributed by atoms with Crippen molar-refractivity contribution in [3.63, 3.8) is 0 Å². The van der Waals surface area contributed by atoms with Crippen LogP contribution in [0, 0.1) is 5.41 Å². The molecule has 3 amide bonds. The fraction of sp³-hybridized carbons (Fsp3) is 0.636. The number of urea groups is 1. The molecule has 2 aliphatic heterocycles. The van der Waals surface area contributed by atoms with Crippen molar-refractivity contribution in [3.05, 3.63) is 35.9 Å². The molecule has 1 aliphatic carbocycles. The van der Waals surface area contributed by atoms with Gasteiger partial charge in [0.25, 0.3) is 0 Å². The number of carbonyl (C=O) groups is 2. The van der Waals surface area contributed by atoms with Crippen molar-refractivity contribution in [1.82, 2.24) is 15.1 Å². The number of piperidine rings is 1. The number of nitrogens with zero attached hydrogens (tertiary/aromatic N) is 2. The fourth-order valence-electron chi connectivity index (χ4n) is 5.46. The van der Waals surface area contributed by atoms with Crippen LogP contribution in [-0.2, 0) is 4.79 Å². The molecule has 3 aliphatic rings. The van der Waals surface area contributed by atoms with Crippen molar-refractivity contribution in [2.75, 3.05) is 19.6 Å². The van der Waals surface area contributed by atoms with Gasteiger partial charge >= 0.3 is 6.03 Å². The van der Waals surface area contributed by atoms with Crippen LogP contribution in [0.25, 0.3) is 0 Å². The molecule has 1 aromatic carbocycles. The van der Waals surface area contributed by atoms with Crippen LogP contribution in [-0.4, -0.2) is 47.4 Å². The first-order valence-corrected chi connectivity index (χ1v) is 10.6. The standard InChI is InChI=1S/C22H31N3O2/c1-2-23-21(27)24-15-11-18(12-16-24)25-19(17-9-5-3-6-10-17)22(20(25)26)13-7-4-8-14-22/h3,5-6,9-10,18-19H,2,4,7-8,11-16H2,1H3,(H,23,27). The minimum absolute atomic E-state index is 0.0225. The van der Waals surface area contributed by atoms with Gasteiger partial charge in [0.05, 0.1) is 11.5 Å². The molecule has 0 aromatic heterocycles. The molecule has 1 spiro atoms. The zero-order valence-electron chi connectivity index (χ0n) is 16.3. The second kappa shape index (κ2) is 7.53. The highest BCUT2D eigenvalue weighted by molar-refractivity contribution is 5.91. The Morgan fingerprint density at radius 2 is 1.78 bits per heavy atom. The monoisotopic (exact) mass is 369 g/mol. The van der Waals surface area contributed by atoms with Crippen LogP contribution >= 0.6 is 0 Å². The molecular weight excluding hydrogens is 338 g/mol.